The molecule has 164 valence electrons. The zero-order valence-corrected chi connectivity index (χ0v) is 18.1. The molecule has 0 rings (SSSR count). The minimum atomic E-state index is -2.46. The number of aliphatic hydroxyl groups is 1. The van der Waals surface area contributed by atoms with Gasteiger partial charge in [-0.1, -0.05) is 78.1 Å². The summed E-state index contributed by atoms with van der Waals surface area (Å²) in [6.07, 6.45) is 11.8. The first-order chi connectivity index (χ1) is 13.4. The van der Waals surface area contributed by atoms with E-state index in [-0.39, 0.29) is 13.2 Å². The van der Waals surface area contributed by atoms with Gasteiger partial charge in [-0.2, -0.15) is 0 Å². The molecule has 0 saturated carbocycles. The van der Waals surface area contributed by atoms with E-state index >= 15 is 0 Å². The van der Waals surface area contributed by atoms with Gasteiger partial charge in [0.2, 0.25) is 5.60 Å². The maximum absolute atomic E-state index is 12.2. The summed E-state index contributed by atoms with van der Waals surface area (Å²) in [6.45, 7) is 5.73. The molecule has 0 aromatic carbocycles. The van der Waals surface area contributed by atoms with Crippen LogP contribution in [0.5, 0.6) is 0 Å². The topological polar surface area (TPSA) is 89.9 Å². The summed E-state index contributed by atoms with van der Waals surface area (Å²) in [6, 6.07) is 0. The van der Waals surface area contributed by atoms with Gasteiger partial charge < -0.3 is 14.6 Å². The molecule has 0 aromatic rings. The lowest BCUT2D eigenvalue weighted by Crippen LogP contribution is -2.48. The number of carbonyl (C=O) groups is 3. The van der Waals surface area contributed by atoms with Crippen molar-refractivity contribution in [3.8, 4) is 0 Å². The molecule has 28 heavy (non-hydrogen) atoms. The van der Waals surface area contributed by atoms with Crippen molar-refractivity contribution in [1.29, 1.82) is 0 Å². The largest absolute Gasteiger partial charge is 0.466 e. The van der Waals surface area contributed by atoms with Gasteiger partial charge >= 0.3 is 11.9 Å². The van der Waals surface area contributed by atoms with Crippen LogP contribution >= 0.6 is 0 Å². The average molecular weight is 401 g/mol. The quantitative estimate of drug-likeness (QED) is 0.207. The Hall–Kier alpha value is -1.43. The van der Waals surface area contributed by atoms with E-state index in [0.29, 0.717) is 6.42 Å². The second-order valence-electron chi connectivity index (χ2n) is 7.49. The number of hydrogen-bond acceptors (Lipinski definition) is 6. The molecule has 0 saturated heterocycles. The fraction of sp³-hybridized carbons (Fsp3) is 0.864. The summed E-state index contributed by atoms with van der Waals surface area (Å²) in [5.74, 6) is -2.63. The number of ether oxygens (including phenoxy) is 2. The number of hydrogen-bond donors (Lipinski definition) is 1. The van der Waals surface area contributed by atoms with Crippen LogP contribution in [0.4, 0.5) is 0 Å². The lowest BCUT2D eigenvalue weighted by Gasteiger charge is -2.22. The van der Waals surface area contributed by atoms with Gasteiger partial charge in [-0.25, -0.2) is 4.79 Å². The van der Waals surface area contributed by atoms with E-state index in [4.69, 9.17) is 9.47 Å². The molecular formula is C22H40O6. The average Bonchev–Trinajstić information content (AvgIpc) is 2.66. The molecule has 6 heteroatoms. The number of rotatable bonds is 18. The number of carbonyl (C=O) groups excluding carboxylic acids is 3. The summed E-state index contributed by atoms with van der Waals surface area (Å²) >= 11 is 0. The van der Waals surface area contributed by atoms with Crippen LogP contribution in [0.1, 0.15) is 104 Å². The van der Waals surface area contributed by atoms with E-state index in [1.165, 1.54) is 25.7 Å². The van der Waals surface area contributed by atoms with Crippen molar-refractivity contribution < 1.29 is 29.0 Å². The third kappa shape index (κ3) is 12.1. The Morgan fingerprint density at radius 3 is 1.61 bits per heavy atom. The van der Waals surface area contributed by atoms with Gasteiger partial charge in [0.15, 0.2) is 5.78 Å². The van der Waals surface area contributed by atoms with Crippen LogP contribution in [0.15, 0.2) is 0 Å². The molecule has 0 amide bonds. The predicted molar refractivity (Wildman–Crippen MR) is 109 cm³/mol. The first kappa shape index (κ1) is 26.6. The molecule has 1 unspecified atom stereocenters. The Balaban J connectivity index is 4.17. The Kier molecular flexibility index (Phi) is 15.7. The summed E-state index contributed by atoms with van der Waals surface area (Å²) in [7, 11) is 0. The van der Waals surface area contributed by atoms with Crippen molar-refractivity contribution in [3.05, 3.63) is 0 Å². The van der Waals surface area contributed by atoms with E-state index in [1.807, 2.05) is 0 Å². The molecule has 0 bridgehead atoms. The molecule has 0 fully saturated rings. The maximum atomic E-state index is 12.2. The Bertz CT molecular complexity index is 448. The van der Waals surface area contributed by atoms with Crippen molar-refractivity contribution in [2.45, 2.75) is 110 Å². The van der Waals surface area contributed by atoms with Gasteiger partial charge in [-0.05, 0) is 19.8 Å². The molecule has 0 heterocycles. The SMILES string of the molecule is CCCCCCCCOC(=O)CC(O)(C(C)=O)C(=O)OCCCCCCCC. The lowest BCUT2D eigenvalue weighted by molar-refractivity contribution is -0.176. The van der Waals surface area contributed by atoms with E-state index < -0.39 is 29.7 Å². The molecule has 0 aliphatic carbocycles. The van der Waals surface area contributed by atoms with E-state index in [2.05, 4.69) is 13.8 Å². The Morgan fingerprint density at radius 1 is 0.714 bits per heavy atom. The minimum Gasteiger partial charge on any atom is -0.466 e. The smallest absolute Gasteiger partial charge is 0.346 e. The van der Waals surface area contributed by atoms with Crippen molar-refractivity contribution in [2.75, 3.05) is 13.2 Å². The van der Waals surface area contributed by atoms with Gasteiger partial charge in [0, 0.05) is 0 Å². The highest BCUT2D eigenvalue weighted by molar-refractivity contribution is 6.08. The van der Waals surface area contributed by atoms with E-state index in [9.17, 15) is 19.5 Å². The zero-order chi connectivity index (χ0) is 21.3. The van der Waals surface area contributed by atoms with Gasteiger partial charge in [0.1, 0.15) is 0 Å². The molecule has 0 aliphatic rings. The first-order valence-electron chi connectivity index (χ1n) is 10.9. The van der Waals surface area contributed by atoms with Crippen LogP contribution in [-0.2, 0) is 23.9 Å². The minimum absolute atomic E-state index is 0.132. The van der Waals surface area contributed by atoms with Crippen LogP contribution in [0.2, 0.25) is 0 Å². The molecule has 0 aliphatic heterocycles. The molecule has 0 aromatic heterocycles. The molecule has 1 N–H and O–H groups in total. The normalized spacial score (nSPS) is 13.0. The third-order valence-corrected chi connectivity index (χ3v) is 4.81. The molecule has 0 spiro atoms. The first-order valence-corrected chi connectivity index (χ1v) is 10.9. The number of esters is 2. The van der Waals surface area contributed by atoms with Crippen molar-refractivity contribution >= 4 is 17.7 Å². The second kappa shape index (κ2) is 16.5. The Morgan fingerprint density at radius 2 is 1.14 bits per heavy atom. The van der Waals surface area contributed by atoms with Crippen LogP contribution in [0.25, 0.3) is 0 Å². The predicted octanol–water partition coefficient (Wildman–Crippen LogP) is 4.50. The van der Waals surface area contributed by atoms with Gasteiger partial charge in [-0.15, -0.1) is 0 Å². The highest BCUT2D eigenvalue weighted by atomic mass is 16.6. The van der Waals surface area contributed by atoms with Crippen molar-refractivity contribution in [3.63, 3.8) is 0 Å². The highest BCUT2D eigenvalue weighted by Crippen LogP contribution is 2.17. The third-order valence-electron chi connectivity index (χ3n) is 4.81. The highest BCUT2D eigenvalue weighted by Gasteiger charge is 2.45. The van der Waals surface area contributed by atoms with Gasteiger partial charge in [0.05, 0.1) is 19.6 Å². The van der Waals surface area contributed by atoms with Gasteiger partial charge in [-0.3, -0.25) is 9.59 Å². The number of ketones is 1. The molecule has 0 radical (unpaired) electrons. The zero-order valence-electron chi connectivity index (χ0n) is 18.1. The van der Waals surface area contributed by atoms with Crippen molar-refractivity contribution in [2.24, 2.45) is 0 Å². The summed E-state index contributed by atoms with van der Waals surface area (Å²) < 4.78 is 10.1. The number of Topliss-reactive ketones (excluding diaryl/α,β-unsaturated/α-hetero) is 1. The summed E-state index contributed by atoms with van der Waals surface area (Å²) in [5.41, 5.74) is -2.46. The van der Waals surface area contributed by atoms with Crippen LogP contribution in [-0.4, -0.2) is 41.6 Å². The standard InChI is InChI=1S/C22H40O6/c1-4-6-8-10-12-14-16-27-20(24)18-22(26,19(3)23)21(25)28-17-15-13-11-9-7-5-2/h26H,4-18H2,1-3H3. The van der Waals surface area contributed by atoms with E-state index in [0.717, 1.165) is 51.9 Å². The number of unbranched alkanes of at least 4 members (excludes halogenated alkanes) is 10. The lowest BCUT2D eigenvalue weighted by atomic mass is 9.95. The second-order valence-corrected chi connectivity index (χ2v) is 7.49. The fourth-order valence-corrected chi connectivity index (χ4v) is 2.84. The van der Waals surface area contributed by atoms with Crippen LogP contribution in [0, 0.1) is 0 Å². The monoisotopic (exact) mass is 400 g/mol. The van der Waals surface area contributed by atoms with Crippen LogP contribution in [0.3, 0.4) is 0 Å². The summed E-state index contributed by atoms with van der Waals surface area (Å²) in [4.78, 5) is 35.9. The van der Waals surface area contributed by atoms with Crippen molar-refractivity contribution in [1.82, 2.24) is 0 Å². The van der Waals surface area contributed by atoms with Gasteiger partial charge in [0.25, 0.3) is 0 Å². The molecular weight excluding hydrogens is 360 g/mol. The maximum Gasteiger partial charge on any atom is 0.346 e. The van der Waals surface area contributed by atoms with E-state index in [1.54, 1.807) is 0 Å². The molecule has 6 nitrogen and oxygen atoms in total. The summed E-state index contributed by atoms with van der Waals surface area (Å²) in [5, 5.41) is 10.4. The van der Waals surface area contributed by atoms with Crippen LogP contribution < -0.4 is 0 Å². The molecule has 1 atom stereocenters. The Labute approximate surface area is 170 Å². The fourth-order valence-electron chi connectivity index (χ4n) is 2.84.